The lowest BCUT2D eigenvalue weighted by Crippen LogP contribution is -2.35. The molecule has 174 valence electrons. The topological polar surface area (TPSA) is 201 Å². The van der Waals surface area contributed by atoms with Gasteiger partial charge >= 0.3 is 5.69 Å². The summed E-state index contributed by atoms with van der Waals surface area (Å²) >= 11 is 7.84. The Hall–Kier alpha value is -3.18. The van der Waals surface area contributed by atoms with Crippen LogP contribution in [0.3, 0.4) is 0 Å². The van der Waals surface area contributed by atoms with Gasteiger partial charge in [0, 0.05) is 6.20 Å². The second kappa shape index (κ2) is 9.36. The molecule has 0 bridgehead atoms. The van der Waals surface area contributed by atoms with E-state index in [-0.39, 0.29) is 34.1 Å². The van der Waals surface area contributed by atoms with Crippen LogP contribution in [-0.4, -0.2) is 62.3 Å². The second-order valence-electron chi connectivity index (χ2n) is 6.95. The number of aliphatic hydroxyl groups excluding tert-OH is 3. The quantitative estimate of drug-likeness (QED) is 0.183. The van der Waals surface area contributed by atoms with E-state index >= 15 is 0 Å². The van der Waals surface area contributed by atoms with Gasteiger partial charge in [-0.3, -0.25) is 14.3 Å². The highest BCUT2D eigenvalue weighted by atomic mass is 79.9. The van der Waals surface area contributed by atoms with Crippen LogP contribution in [0.15, 0.2) is 47.6 Å². The standard InChI is InChI=1S/C17H16BrN7O7S/c18-9-4-24(16(30)19-14(9)29)2-8-3-25(23-20-8)5-10(26)12(27)13(28)11-1-7(6-31-11)15-21-22-17(33)32-15/h1,3-4,6,10,12-13,26-28H,2,5H2,(H,22,33)(H,19,29,30)/t10-,12-,13-/m1/s1. The summed E-state index contributed by atoms with van der Waals surface area (Å²) in [5.74, 6) is 0.115. The number of halogens is 1. The van der Waals surface area contributed by atoms with Crippen LogP contribution in [0, 0.1) is 4.84 Å². The summed E-state index contributed by atoms with van der Waals surface area (Å²) in [5, 5.41) is 45.1. The second-order valence-corrected chi connectivity index (χ2v) is 8.18. The Labute approximate surface area is 196 Å². The van der Waals surface area contributed by atoms with E-state index in [0.29, 0.717) is 11.3 Å². The van der Waals surface area contributed by atoms with Crippen molar-refractivity contribution in [2.45, 2.75) is 31.4 Å². The van der Waals surface area contributed by atoms with E-state index in [2.05, 4.69) is 41.4 Å². The number of nitrogens with zero attached hydrogens (tertiary/aromatic N) is 5. The molecule has 0 spiro atoms. The molecule has 0 saturated carbocycles. The van der Waals surface area contributed by atoms with Crippen molar-refractivity contribution in [1.82, 2.24) is 34.7 Å². The van der Waals surface area contributed by atoms with Crippen molar-refractivity contribution >= 4 is 28.1 Å². The van der Waals surface area contributed by atoms with Crippen LogP contribution in [0.5, 0.6) is 0 Å². The first-order chi connectivity index (χ1) is 15.7. The van der Waals surface area contributed by atoms with Gasteiger partial charge in [-0.2, -0.15) is 0 Å². The molecular weight excluding hydrogens is 526 g/mol. The molecule has 0 aliphatic heterocycles. The minimum Gasteiger partial charge on any atom is -0.466 e. The Morgan fingerprint density at radius 3 is 2.76 bits per heavy atom. The Morgan fingerprint density at radius 1 is 1.24 bits per heavy atom. The molecule has 0 unspecified atom stereocenters. The third-order valence-electron chi connectivity index (χ3n) is 4.57. The zero-order valence-corrected chi connectivity index (χ0v) is 18.9. The van der Waals surface area contributed by atoms with Crippen LogP contribution in [0.2, 0.25) is 0 Å². The average Bonchev–Trinajstić information content (AvgIpc) is 3.52. The number of hydrogen-bond donors (Lipinski definition) is 5. The number of aromatic amines is 2. The summed E-state index contributed by atoms with van der Waals surface area (Å²) in [5.41, 5.74) is -0.440. The average molecular weight is 542 g/mol. The smallest absolute Gasteiger partial charge is 0.328 e. The molecule has 4 aromatic rings. The van der Waals surface area contributed by atoms with Crippen LogP contribution in [0.1, 0.15) is 17.6 Å². The zero-order chi connectivity index (χ0) is 23.7. The van der Waals surface area contributed by atoms with E-state index < -0.39 is 29.6 Å². The molecule has 33 heavy (non-hydrogen) atoms. The van der Waals surface area contributed by atoms with E-state index in [1.54, 1.807) is 0 Å². The summed E-state index contributed by atoms with van der Waals surface area (Å²) in [6.07, 6.45) is -0.603. The molecule has 14 nitrogen and oxygen atoms in total. The maximum Gasteiger partial charge on any atom is 0.328 e. The number of furan rings is 1. The molecule has 5 N–H and O–H groups in total. The van der Waals surface area contributed by atoms with Crippen LogP contribution in [-0.2, 0) is 13.1 Å². The van der Waals surface area contributed by atoms with Gasteiger partial charge in [-0.05, 0) is 34.2 Å². The Kier molecular flexibility index (Phi) is 6.52. The number of aromatic nitrogens is 7. The predicted molar refractivity (Wildman–Crippen MR) is 115 cm³/mol. The highest BCUT2D eigenvalue weighted by Gasteiger charge is 2.29. The number of rotatable bonds is 8. The van der Waals surface area contributed by atoms with Gasteiger partial charge in [-0.1, -0.05) is 5.21 Å². The zero-order valence-electron chi connectivity index (χ0n) is 16.5. The molecule has 0 fully saturated rings. The van der Waals surface area contributed by atoms with Gasteiger partial charge in [0.15, 0.2) is 0 Å². The van der Waals surface area contributed by atoms with Crippen molar-refractivity contribution in [1.29, 1.82) is 0 Å². The molecule has 0 radical (unpaired) electrons. The third kappa shape index (κ3) is 5.09. The molecule has 4 heterocycles. The number of nitrogens with one attached hydrogen (secondary N) is 2. The summed E-state index contributed by atoms with van der Waals surface area (Å²) in [7, 11) is 0. The maximum absolute atomic E-state index is 11.9. The van der Waals surface area contributed by atoms with Crippen LogP contribution >= 0.6 is 28.1 Å². The van der Waals surface area contributed by atoms with Gasteiger partial charge in [-0.25, -0.2) is 14.6 Å². The lowest BCUT2D eigenvalue weighted by molar-refractivity contribution is -0.0739. The molecule has 4 aromatic heterocycles. The fourth-order valence-corrected chi connectivity index (χ4v) is 3.40. The van der Waals surface area contributed by atoms with Crippen molar-refractivity contribution < 1.29 is 24.2 Å². The number of aliphatic hydroxyl groups is 3. The summed E-state index contributed by atoms with van der Waals surface area (Å²) in [6, 6.07) is 1.39. The molecule has 0 saturated heterocycles. The molecule has 16 heteroatoms. The molecular formula is C17H16BrN7O7S. The first kappa shape index (κ1) is 23.0. The third-order valence-corrected chi connectivity index (χ3v) is 5.31. The van der Waals surface area contributed by atoms with Crippen molar-refractivity contribution in [2.75, 3.05) is 0 Å². The molecule has 4 rings (SSSR count). The molecule has 3 atom stereocenters. The van der Waals surface area contributed by atoms with Gasteiger partial charge < -0.3 is 24.2 Å². The molecule has 0 amide bonds. The van der Waals surface area contributed by atoms with Gasteiger partial charge in [-0.15, -0.1) is 10.2 Å². The Bertz CT molecular complexity index is 1430. The van der Waals surface area contributed by atoms with Gasteiger partial charge in [0.05, 0.1) is 29.3 Å². The first-order valence-corrected chi connectivity index (χ1v) is 10.5. The SMILES string of the molecule is O=c1[nH]c(=O)n(Cc2cn(C[C@@H](O)[C@@H](O)[C@H](O)c3cc(-c4n[nH]c(=S)o4)co3)nn2)cc1Br. The van der Waals surface area contributed by atoms with Crippen LogP contribution in [0.4, 0.5) is 0 Å². The Balaban J connectivity index is 1.40. The number of H-pyrrole nitrogens is 2. The van der Waals surface area contributed by atoms with Crippen molar-refractivity contribution in [3.05, 3.63) is 66.3 Å². The minimum absolute atomic E-state index is 0.00884. The van der Waals surface area contributed by atoms with Crippen molar-refractivity contribution in [3.8, 4) is 11.5 Å². The van der Waals surface area contributed by atoms with Crippen molar-refractivity contribution in [3.63, 3.8) is 0 Å². The lowest BCUT2D eigenvalue weighted by Gasteiger charge is -2.21. The predicted octanol–water partition coefficient (Wildman–Crippen LogP) is -0.300. The van der Waals surface area contributed by atoms with E-state index in [1.165, 1.54) is 34.0 Å². The summed E-state index contributed by atoms with van der Waals surface area (Å²) in [6.45, 7) is -0.202. The molecule has 0 aliphatic rings. The van der Waals surface area contributed by atoms with Gasteiger partial charge in [0.2, 0.25) is 5.89 Å². The van der Waals surface area contributed by atoms with Crippen molar-refractivity contribution in [2.24, 2.45) is 0 Å². The normalized spacial score (nSPS) is 14.3. The molecule has 0 aromatic carbocycles. The molecule has 0 aliphatic carbocycles. The minimum atomic E-state index is -1.62. The van der Waals surface area contributed by atoms with Gasteiger partial charge in [0.1, 0.15) is 36.0 Å². The van der Waals surface area contributed by atoms with Crippen LogP contribution < -0.4 is 11.2 Å². The van der Waals surface area contributed by atoms with E-state index in [1.807, 2.05) is 0 Å². The monoisotopic (exact) mass is 541 g/mol. The number of hydrogen-bond acceptors (Lipinski definition) is 11. The van der Waals surface area contributed by atoms with E-state index in [0.717, 1.165) is 0 Å². The first-order valence-electron chi connectivity index (χ1n) is 9.28. The lowest BCUT2D eigenvalue weighted by atomic mass is 10.1. The summed E-state index contributed by atoms with van der Waals surface area (Å²) in [4.78, 5) is 25.5. The van der Waals surface area contributed by atoms with E-state index in [9.17, 15) is 24.9 Å². The highest BCUT2D eigenvalue weighted by molar-refractivity contribution is 9.10. The largest absolute Gasteiger partial charge is 0.466 e. The fraction of sp³-hybridized carbons (Fsp3) is 0.294. The summed E-state index contributed by atoms with van der Waals surface area (Å²) < 4.78 is 13.0. The van der Waals surface area contributed by atoms with Gasteiger partial charge in [0.25, 0.3) is 10.4 Å². The van der Waals surface area contributed by atoms with Crippen LogP contribution in [0.25, 0.3) is 11.5 Å². The highest BCUT2D eigenvalue weighted by Crippen LogP contribution is 2.27. The Morgan fingerprint density at radius 2 is 2.03 bits per heavy atom. The maximum atomic E-state index is 11.9. The fourth-order valence-electron chi connectivity index (χ4n) is 2.93. The van der Waals surface area contributed by atoms with E-state index in [4.69, 9.17) is 21.1 Å².